The third-order valence-electron chi connectivity index (χ3n) is 8.02. The van der Waals surface area contributed by atoms with Crippen molar-refractivity contribution in [2.45, 2.75) is 122 Å². The lowest BCUT2D eigenvalue weighted by Gasteiger charge is -2.27. The first-order valence-electron chi connectivity index (χ1n) is 14.8. The number of carbonyl (C=O) groups excluding carboxylic acids is 1. The van der Waals surface area contributed by atoms with E-state index in [1.807, 2.05) is 26.8 Å². The Hall–Kier alpha value is -1.96. The van der Waals surface area contributed by atoms with Crippen molar-refractivity contribution in [2.24, 2.45) is 5.92 Å². The number of rotatable bonds is 7. The Labute approximate surface area is 238 Å². The largest absolute Gasteiger partial charge is 0.381 e. The minimum absolute atomic E-state index is 0.00573. The lowest BCUT2D eigenvalue weighted by atomic mass is 9.85. The molecule has 2 N–H and O–H groups in total. The molecule has 1 amide bonds. The van der Waals surface area contributed by atoms with Crippen LogP contribution >= 0.6 is 0 Å². The number of hydrogen-bond donors (Lipinski definition) is 2. The zero-order valence-corrected chi connectivity index (χ0v) is 25.9. The van der Waals surface area contributed by atoms with E-state index in [1.54, 1.807) is 0 Å². The topological polar surface area (TPSA) is 72.4 Å². The highest BCUT2D eigenvalue weighted by Crippen LogP contribution is 2.36. The summed E-state index contributed by atoms with van der Waals surface area (Å²) < 4.78 is 24.5. The van der Waals surface area contributed by atoms with E-state index in [0.717, 1.165) is 52.4 Å². The molecule has 1 aromatic heterocycles. The van der Waals surface area contributed by atoms with Crippen LogP contribution in [-0.2, 0) is 27.7 Å². The molecule has 1 saturated carbocycles. The van der Waals surface area contributed by atoms with Crippen LogP contribution in [0.5, 0.6) is 0 Å². The Bertz CT molecular complexity index is 1180. The lowest BCUT2D eigenvalue weighted by Crippen LogP contribution is -2.39. The molecule has 1 atom stereocenters. The van der Waals surface area contributed by atoms with Crippen LogP contribution in [0.3, 0.4) is 0 Å². The Morgan fingerprint density at radius 3 is 2.28 bits per heavy atom. The van der Waals surface area contributed by atoms with Crippen LogP contribution in [0.1, 0.15) is 108 Å². The summed E-state index contributed by atoms with van der Waals surface area (Å²) in [7, 11) is -1.33. The minimum Gasteiger partial charge on any atom is -0.381 e. The van der Waals surface area contributed by atoms with Gasteiger partial charge in [-0.25, -0.2) is 8.93 Å². The molecule has 7 heteroatoms. The highest BCUT2D eigenvalue weighted by atomic mass is 32.2. The van der Waals surface area contributed by atoms with Gasteiger partial charge in [-0.05, 0) is 94.0 Å². The highest BCUT2D eigenvalue weighted by molar-refractivity contribution is 7.83. The maximum absolute atomic E-state index is 13.5. The normalized spacial score (nSPS) is 18.7. The zero-order valence-electron chi connectivity index (χ0n) is 25.1. The maximum Gasteiger partial charge on any atom is 0.253 e. The van der Waals surface area contributed by atoms with E-state index in [0.29, 0.717) is 19.1 Å². The third-order valence-corrected chi connectivity index (χ3v) is 9.57. The molecule has 2 fully saturated rings. The predicted octanol–water partition coefficient (Wildman–Crippen LogP) is 6.66. The molecule has 0 bridgehead atoms. The first-order valence-corrected chi connectivity index (χ1v) is 15.9. The molecule has 1 aliphatic carbocycles. The molecule has 1 saturated heterocycles. The van der Waals surface area contributed by atoms with E-state index < -0.39 is 11.0 Å². The molecule has 2 aliphatic rings. The Morgan fingerprint density at radius 1 is 1.00 bits per heavy atom. The van der Waals surface area contributed by atoms with E-state index >= 15 is 0 Å². The quantitative estimate of drug-likeness (QED) is 0.401. The monoisotopic (exact) mass is 555 g/mol. The molecule has 39 heavy (non-hydrogen) atoms. The van der Waals surface area contributed by atoms with Crippen molar-refractivity contribution in [3.63, 3.8) is 0 Å². The Kier molecular flexibility index (Phi) is 9.45. The van der Waals surface area contributed by atoms with Gasteiger partial charge in [-0.3, -0.25) is 4.79 Å². The Morgan fingerprint density at radius 2 is 1.67 bits per heavy atom. The summed E-state index contributed by atoms with van der Waals surface area (Å²) in [6.07, 6.45) is 8.09. The number of aromatic nitrogens is 1. The number of amides is 1. The second kappa shape index (κ2) is 12.3. The molecule has 2 aromatic rings. The van der Waals surface area contributed by atoms with Gasteiger partial charge in [0.1, 0.15) is 11.0 Å². The van der Waals surface area contributed by atoms with Crippen molar-refractivity contribution in [1.82, 2.24) is 14.6 Å². The van der Waals surface area contributed by atoms with E-state index in [1.165, 1.54) is 32.1 Å². The molecular weight excluding hydrogens is 506 g/mol. The van der Waals surface area contributed by atoms with Crippen molar-refractivity contribution < 1.29 is 13.7 Å². The predicted molar refractivity (Wildman–Crippen MR) is 160 cm³/mol. The van der Waals surface area contributed by atoms with Crippen molar-refractivity contribution in [1.29, 1.82) is 0 Å². The average Bonchev–Trinajstić information content (AvgIpc) is 3.19. The van der Waals surface area contributed by atoms with Gasteiger partial charge < -0.3 is 14.6 Å². The summed E-state index contributed by atoms with van der Waals surface area (Å²) in [5.74, 6) is 0.631. The number of hydrogen-bond acceptors (Lipinski definition) is 3. The number of ether oxygens (including phenoxy) is 1. The zero-order chi connectivity index (χ0) is 28.4. The molecule has 2 heterocycles. The van der Waals surface area contributed by atoms with Crippen molar-refractivity contribution in [3.05, 3.63) is 41.1 Å². The molecule has 1 aromatic carbocycles. The molecule has 0 spiro atoms. The highest BCUT2D eigenvalue weighted by Gasteiger charge is 2.27. The summed E-state index contributed by atoms with van der Waals surface area (Å²) in [4.78, 5) is 14.3. The van der Waals surface area contributed by atoms with Crippen molar-refractivity contribution in [2.75, 3.05) is 13.2 Å². The van der Waals surface area contributed by atoms with Gasteiger partial charge >= 0.3 is 0 Å². The summed E-state index contributed by atoms with van der Waals surface area (Å²) in [6.45, 7) is 17.0. The van der Waals surface area contributed by atoms with Crippen LogP contribution in [0.2, 0.25) is 0 Å². The van der Waals surface area contributed by atoms with Gasteiger partial charge in [-0.2, -0.15) is 0 Å². The summed E-state index contributed by atoms with van der Waals surface area (Å²) in [5.41, 5.74) is 4.52. The summed E-state index contributed by atoms with van der Waals surface area (Å²) >= 11 is 0. The first kappa shape index (κ1) is 30.0. The fraction of sp³-hybridized carbons (Fsp3) is 0.656. The molecule has 4 rings (SSSR count). The second-order valence-corrected chi connectivity index (χ2v) is 14.8. The number of carbonyl (C=O) groups is 1. The SMILES string of the molecule is Cc1c(C(=O)NC2CCOCC2)cc(-c2ccc(S(=O)NC(C)(C)C)c(C(C)(C)C)c2)n1CC1CCCCC1. The van der Waals surface area contributed by atoms with E-state index in [9.17, 15) is 9.00 Å². The molecule has 0 radical (unpaired) electrons. The van der Waals surface area contributed by atoms with Gasteiger partial charge in [0.05, 0.1) is 10.5 Å². The standard InChI is InChI=1S/C32H49N3O3S/c1-22-26(30(36)33-25-15-17-38-18-16-25)20-28(35(22)21-23-11-9-8-10-12-23)24-13-14-29(27(19-24)31(2,3)4)39(37)34-32(5,6)7/h13-14,19-20,23,25,34H,8-12,15-18,21H2,1-7H3,(H,33,36). The first-order chi connectivity index (χ1) is 18.3. The fourth-order valence-electron chi connectivity index (χ4n) is 5.85. The van der Waals surface area contributed by atoms with E-state index in [2.05, 4.69) is 60.5 Å². The van der Waals surface area contributed by atoms with Gasteiger partial charge in [-0.15, -0.1) is 0 Å². The van der Waals surface area contributed by atoms with Crippen LogP contribution in [0.25, 0.3) is 11.3 Å². The summed E-state index contributed by atoms with van der Waals surface area (Å²) in [6, 6.07) is 8.54. The molecule has 216 valence electrons. The van der Waals surface area contributed by atoms with Gasteiger partial charge in [0.15, 0.2) is 0 Å². The molecule has 1 unspecified atom stereocenters. The van der Waals surface area contributed by atoms with Crippen LogP contribution in [0.4, 0.5) is 0 Å². The maximum atomic E-state index is 13.5. The van der Waals surface area contributed by atoms with Gasteiger partial charge in [0.2, 0.25) is 0 Å². The van der Waals surface area contributed by atoms with E-state index in [4.69, 9.17) is 4.74 Å². The number of nitrogens with zero attached hydrogens (tertiary/aromatic N) is 1. The van der Waals surface area contributed by atoms with Gasteiger partial charge in [0.25, 0.3) is 5.91 Å². The fourth-order valence-corrected chi connectivity index (χ4v) is 7.28. The number of nitrogens with one attached hydrogen (secondary N) is 2. The molecule has 1 aliphatic heterocycles. The van der Waals surface area contributed by atoms with Crippen molar-refractivity contribution >= 4 is 16.9 Å². The molecular formula is C32H49N3O3S. The molecule has 6 nitrogen and oxygen atoms in total. The van der Waals surface area contributed by atoms with Gasteiger partial charge in [0, 0.05) is 42.7 Å². The van der Waals surface area contributed by atoms with E-state index in [-0.39, 0.29) is 22.9 Å². The van der Waals surface area contributed by atoms with Crippen molar-refractivity contribution in [3.8, 4) is 11.3 Å². The van der Waals surface area contributed by atoms with Crippen LogP contribution in [0.15, 0.2) is 29.2 Å². The van der Waals surface area contributed by atoms with Crippen LogP contribution in [-0.4, -0.2) is 39.5 Å². The van der Waals surface area contributed by atoms with Crippen LogP contribution < -0.4 is 10.0 Å². The average molecular weight is 556 g/mol. The lowest BCUT2D eigenvalue weighted by molar-refractivity contribution is 0.0696. The smallest absolute Gasteiger partial charge is 0.253 e. The second-order valence-electron chi connectivity index (χ2n) is 13.6. The minimum atomic E-state index is -1.33. The summed E-state index contributed by atoms with van der Waals surface area (Å²) in [5, 5.41) is 3.27. The van der Waals surface area contributed by atoms with Crippen LogP contribution in [0, 0.1) is 12.8 Å². The number of benzene rings is 1. The third kappa shape index (κ3) is 7.62. The Balaban J connectivity index is 1.75. The van der Waals surface area contributed by atoms with Gasteiger partial charge in [-0.1, -0.05) is 46.1 Å².